The highest BCUT2D eigenvalue weighted by Gasteiger charge is 2.14. The lowest BCUT2D eigenvalue weighted by molar-refractivity contribution is -0.124. The molecule has 0 fully saturated rings. The Morgan fingerprint density at radius 3 is 2.65 bits per heavy atom. The van der Waals surface area contributed by atoms with Gasteiger partial charge < -0.3 is 20.9 Å². The van der Waals surface area contributed by atoms with Crippen molar-refractivity contribution in [3.05, 3.63) is 23.8 Å². The number of rotatable bonds is 6. The lowest BCUT2D eigenvalue weighted by atomic mass is 10.1. The van der Waals surface area contributed by atoms with Gasteiger partial charge in [-0.3, -0.25) is 4.79 Å². The van der Waals surface area contributed by atoms with Crippen LogP contribution in [0.5, 0.6) is 11.5 Å². The molecule has 94 valence electrons. The molecule has 0 saturated heterocycles. The van der Waals surface area contributed by atoms with Gasteiger partial charge in [-0.05, 0) is 37.6 Å². The van der Waals surface area contributed by atoms with Crippen LogP contribution in [0.3, 0.4) is 0 Å². The monoisotopic (exact) mass is 238 g/mol. The van der Waals surface area contributed by atoms with Crippen molar-refractivity contribution in [3.8, 4) is 11.5 Å². The fourth-order valence-corrected chi connectivity index (χ4v) is 1.38. The van der Waals surface area contributed by atoms with Crippen molar-refractivity contribution in [1.82, 2.24) is 0 Å². The molecule has 0 aliphatic heterocycles. The number of nitrogens with two attached hydrogens (primary N) is 2. The fraction of sp³-hybridized carbons (Fsp3) is 0.417. The largest absolute Gasteiger partial charge is 0.493 e. The Kier molecular flexibility index (Phi) is 4.78. The molecular formula is C12H18N2O3. The third kappa shape index (κ3) is 3.64. The first-order chi connectivity index (χ1) is 8.08. The number of ether oxygens (including phenoxy) is 2. The molecule has 5 heteroatoms. The van der Waals surface area contributed by atoms with Gasteiger partial charge in [0.1, 0.15) is 0 Å². The summed E-state index contributed by atoms with van der Waals surface area (Å²) >= 11 is 0. The number of hydrogen-bond acceptors (Lipinski definition) is 4. The number of carbonyl (C=O) groups excluding carboxylic acids is 1. The van der Waals surface area contributed by atoms with Crippen LogP contribution in [-0.4, -0.2) is 25.7 Å². The zero-order chi connectivity index (χ0) is 12.8. The van der Waals surface area contributed by atoms with Gasteiger partial charge >= 0.3 is 0 Å². The van der Waals surface area contributed by atoms with Crippen LogP contribution in [0.15, 0.2) is 18.2 Å². The van der Waals surface area contributed by atoms with Gasteiger partial charge in [0.05, 0.1) is 7.11 Å². The molecular weight excluding hydrogens is 220 g/mol. The Labute approximate surface area is 101 Å². The summed E-state index contributed by atoms with van der Waals surface area (Å²) in [6, 6.07) is 5.51. The second-order valence-electron chi connectivity index (χ2n) is 3.69. The molecule has 0 radical (unpaired) electrons. The SMILES string of the molecule is COc1ccc(CCN)cc1OC(C)C(N)=O. The molecule has 1 amide bonds. The number of hydrogen-bond donors (Lipinski definition) is 2. The first-order valence-electron chi connectivity index (χ1n) is 5.41. The van der Waals surface area contributed by atoms with Crippen molar-refractivity contribution in [2.24, 2.45) is 11.5 Å². The van der Waals surface area contributed by atoms with Crippen LogP contribution in [0.25, 0.3) is 0 Å². The zero-order valence-corrected chi connectivity index (χ0v) is 10.1. The van der Waals surface area contributed by atoms with Crippen molar-refractivity contribution < 1.29 is 14.3 Å². The Bertz CT molecular complexity index is 393. The molecule has 0 saturated carbocycles. The first-order valence-corrected chi connectivity index (χ1v) is 5.41. The van der Waals surface area contributed by atoms with E-state index >= 15 is 0 Å². The minimum Gasteiger partial charge on any atom is -0.493 e. The Balaban J connectivity index is 2.93. The lowest BCUT2D eigenvalue weighted by Gasteiger charge is -2.15. The van der Waals surface area contributed by atoms with E-state index < -0.39 is 12.0 Å². The molecule has 1 aromatic carbocycles. The van der Waals surface area contributed by atoms with E-state index in [0.29, 0.717) is 18.0 Å². The minimum absolute atomic E-state index is 0.504. The first kappa shape index (κ1) is 13.3. The lowest BCUT2D eigenvalue weighted by Crippen LogP contribution is -2.30. The molecule has 0 aliphatic carbocycles. The van der Waals surface area contributed by atoms with Crippen LogP contribution < -0.4 is 20.9 Å². The van der Waals surface area contributed by atoms with Crippen LogP contribution in [0, 0.1) is 0 Å². The smallest absolute Gasteiger partial charge is 0.258 e. The third-order valence-electron chi connectivity index (χ3n) is 2.37. The highest BCUT2D eigenvalue weighted by atomic mass is 16.5. The molecule has 1 rings (SSSR count). The van der Waals surface area contributed by atoms with E-state index in [0.717, 1.165) is 12.0 Å². The van der Waals surface area contributed by atoms with Crippen LogP contribution in [0.4, 0.5) is 0 Å². The highest BCUT2D eigenvalue weighted by molar-refractivity contribution is 5.78. The predicted molar refractivity (Wildman–Crippen MR) is 65.0 cm³/mol. The Morgan fingerprint density at radius 2 is 2.12 bits per heavy atom. The van der Waals surface area contributed by atoms with E-state index in [9.17, 15) is 4.79 Å². The van der Waals surface area contributed by atoms with Gasteiger partial charge in [-0.25, -0.2) is 0 Å². The molecule has 0 aliphatic rings. The Morgan fingerprint density at radius 1 is 1.41 bits per heavy atom. The summed E-state index contributed by atoms with van der Waals surface area (Å²) in [6.07, 6.45) is 0.0442. The average molecular weight is 238 g/mol. The third-order valence-corrected chi connectivity index (χ3v) is 2.37. The average Bonchev–Trinajstić information content (AvgIpc) is 2.29. The van der Waals surface area contributed by atoms with E-state index in [1.165, 1.54) is 0 Å². The maximum Gasteiger partial charge on any atom is 0.258 e. The van der Waals surface area contributed by atoms with Crippen molar-refractivity contribution in [3.63, 3.8) is 0 Å². The molecule has 0 spiro atoms. The van der Waals surface area contributed by atoms with E-state index in [1.54, 1.807) is 20.1 Å². The summed E-state index contributed by atoms with van der Waals surface area (Å²) in [7, 11) is 1.54. The zero-order valence-electron chi connectivity index (χ0n) is 10.1. The van der Waals surface area contributed by atoms with Gasteiger partial charge in [0.15, 0.2) is 17.6 Å². The molecule has 4 N–H and O–H groups in total. The van der Waals surface area contributed by atoms with Crippen molar-refractivity contribution in [1.29, 1.82) is 0 Å². The van der Waals surface area contributed by atoms with Crippen molar-refractivity contribution in [2.75, 3.05) is 13.7 Å². The number of benzene rings is 1. The van der Waals surface area contributed by atoms with Crippen molar-refractivity contribution in [2.45, 2.75) is 19.4 Å². The van der Waals surface area contributed by atoms with Crippen LogP contribution in [-0.2, 0) is 11.2 Å². The van der Waals surface area contributed by atoms with Gasteiger partial charge in [0.2, 0.25) is 0 Å². The molecule has 1 unspecified atom stereocenters. The van der Waals surface area contributed by atoms with Gasteiger partial charge in [-0.2, -0.15) is 0 Å². The highest BCUT2D eigenvalue weighted by Crippen LogP contribution is 2.29. The van der Waals surface area contributed by atoms with Gasteiger partial charge in [0, 0.05) is 0 Å². The number of primary amides is 1. The van der Waals surface area contributed by atoms with Gasteiger partial charge in [-0.1, -0.05) is 6.07 Å². The van der Waals surface area contributed by atoms with E-state index in [2.05, 4.69) is 0 Å². The molecule has 0 heterocycles. The topological polar surface area (TPSA) is 87.6 Å². The quantitative estimate of drug-likeness (QED) is 0.753. The summed E-state index contributed by atoms with van der Waals surface area (Å²) in [6.45, 7) is 2.15. The van der Waals surface area contributed by atoms with E-state index in [-0.39, 0.29) is 0 Å². The van der Waals surface area contributed by atoms with Crippen molar-refractivity contribution >= 4 is 5.91 Å². The summed E-state index contributed by atoms with van der Waals surface area (Å²) < 4.78 is 10.6. The normalized spacial score (nSPS) is 11.9. The minimum atomic E-state index is -0.697. The van der Waals surface area contributed by atoms with Crippen LogP contribution >= 0.6 is 0 Å². The predicted octanol–water partition coefficient (Wildman–Crippen LogP) is 0.449. The molecule has 0 aromatic heterocycles. The summed E-state index contributed by atoms with van der Waals surface area (Å²) in [4.78, 5) is 11.0. The molecule has 1 atom stereocenters. The van der Waals surface area contributed by atoms with Crippen LogP contribution in [0.2, 0.25) is 0 Å². The maximum atomic E-state index is 11.0. The maximum absolute atomic E-state index is 11.0. The van der Waals surface area contributed by atoms with E-state index in [1.807, 2.05) is 12.1 Å². The Hall–Kier alpha value is -1.75. The number of amides is 1. The van der Waals surface area contributed by atoms with Gasteiger partial charge in [0.25, 0.3) is 5.91 Å². The van der Waals surface area contributed by atoms with Crippen LogP contribution in [0.1, 0.15) is 12.5 Å². The molecule has 17 heavy (non-hydrogen) atoms. The molecule has 5 nitrogen and oxygen atoms in total. The second kappa shape index (κ2) is 6.10. The summed E-state index contributed by atoms with van der Waals surface area (Å²) in [5.74, 6) is 0.555. The standard InChI is InChI=1S/C12H18N2O3/c1-8(12(14)15)17-11-7-9(5-6-13)3-4-10(11)16-2/h3-4,7-8H,5-6,13H2,1-2H3,(H2,14,15). The molecule has 1 aromatic rings. The second-order valence-corrected chi connectivity index (χ2v) is 3.69. The van der Waals surface area contributed by atoms with E-state index in [4.69, 9.17) is 20.9 Å². The fourth-order valence-electron chi connectivity index (χ4n) is 1.38. The number of carbonyl (C=O) groups is 1. The summed E-state index contributed by atoms with van der Waals surface area (Å²) in [5.41, 5.74) is 11.7. The molecule has 0 bridgehead atoms. The number of methoxy groups -OCH3 is 1. The van der Waals surface area contributed by atoms with Gasteiger partial charge in [-0.15, -0.1) is 0 Å². The summed E-state index contributed by atoms with van der Waals surface area (Å²) in [5, 5.41) is 0.